The second-order valence-electron chi connectivity index (χ2n) is 3.90. The molecule has 0 radical (unpaired) electrons. The normalized spacial score (nSPS) is 12.9. The molecule has 0 fully saturated rings. The molecule has 1 atom stereocenters. The first-order chi connectivity index (χ1) is 7.74. The van der Waals surface area contributed by atoms with E-state index in [1.807, 2.05) is 7.05 Å². The van der Waals surface area contributed by atoms with Gasteiger partial charge in [0.25, 0.3) is 0 Å². The van der Waals surface area contributed by atoms with Crippen LogP contribution in [0.1, 0.15) is 17.6 Å². The Morgan fingerprint density at radius 2 is 2.44 bits per heavy atom. The minimum atomic E-state index is 0.447. The number of hydrogen-bond donors (Lipinski definition) is 1. The molecule has 4 nitrogen and oxygen atoms in total. The molecule has 0 spiro atoms. The van der Waals surface area contributed by atoms with Crippen molar-refractivity contribution in [1.29, 1.82) is 0 Å². The third-order valence-corrected chi connectivity index (χ3v) is 3.24. The second kappa shape index (κ2) is 5.23. The Bertz CT molecular complexity index is 421. The Morgan fingerprint density at radius 3 is 3.06 bits per heavy atom. The van der Waals surface area contributed by atoms with E-state index >= 15 is 0 Å². The van der Waals surface area contributed by atoms with Crippen LogP contribution in [0.15, 0.2) is 23.8 Å². The van der Waals surface area contributed by atoms with Crippen molar-refractivity contribution in [3.05, 3.63) is 34.5 Å². The Kier molecular flexibility index (Phi) is 3.69. The summed E-state index contributed by atoms with van der Waals surface area (Å²) in [5, 5.41) is 9.76. The maximum absolute atomic E-state index is 4.23. The van der Waals surface area contributed by atoms with Crippen LogP contribution in [0.2, 0.25) is 0 Å². The Hall–Kier alpha value is -1.20. The van der Waals surface area contributed by atoms with Crippen molar-refractivity contribution in [1.82, 2.24) is 20.1 Å². The molecule has 86 valence electrons. The van der Waals surface area contributed by atoms with Crippen molar-refractivity contribution < 1.29 is 0 Å². The molecule has 0 amide bonds. The van der Waals surface area contributed by atoms with E-state index in [9.17, 15) is 0 Å². The fraction of sp³-hybridized carbons (Fsp3) is 0.455. The van der Waals surface area contributed by atoms with Gasteiger partial charge < -0.3 is 5.32 Å². The zero-order valence-electron chi connectivity index (χ0n) is 9.55. The topological polar surface area (TPSA) is 42.7 Å². The van der Waals surface area contributed by atoms with Crippen LogP contribution in [0, 0.1) is 0 Å². The monoisotopic (exact) mass is 236 g/mol. The third-order valence-electron chi connectivity index (χ3n) is 2.34. The van der Waals surface area contributed by atoms with Crippen LogP contribution in [-0.4, -0.2) is 20.8 Å². The maximum Gasteiger partial charge on any atom is 0.164 e. The number of nitrogens with one attached hydrogen (secondary N) is 1. The van der Waals surface area contributed by atoms with E-state index in [2.05, 4.69) is 39.8 Å². The zero-order valence-corrected chi connectivity index (χ0v) is 10.4. The largest absolute Gasteiger partial charge is 0.307 e. The van der Waals surface area contributed by atoms with Gasteiger partial charge in [-0.3, -0.25) is 4.68 Å². The number of aryl methyl sites for hydroxylation is 1. The highest BCUT2D eigenvalue weighted by Crippen LogP contribution is 2.10. The SMILES string of the molecule is CC(Cc1cccs1)NCc1ncn(C)n1. The van der Waals surface area contributed by atoms with Crippen molar-refractivity contribution in [2.45, 2.75) is 25.9 Å². The van der Waals surface area contributed by atoms with Gasteiger partial charge in [0.05, 0.1) is 6.54 Å². The lowest BCUT2D eigenvalue weighted by Crippen LogP contribution is -2.27. The van der Waals surface area contributed by atoms with Crippen LogP contribution in [-0.2, 0) is 20.0 Å². The molecule has 0 saturated carbocycles. The number of hydrogen-bond acceptors (Lipinski definition) is 4. The van der Waals surface area contributed by atoms with Gasteiger partial charge in [-0.1, -0.05) is 6.07 Å². The van der Waals surface area contributed by atoms with Crippen molar-refractivity contribution in [2.75, 3.05) is 0 Å². The van der Waals surface area contributed by atoms with Gasteiger partial charge in [0.1, 0.15) is 6.33 Å². The van der Waals surface area contributed by atoms with E-state index in [4.69, 9.17) is 0 Å². The molecule has 2 rings (SSSR count). The van der Waals surface area contributed by atoms with Crippen LogP contribution in [0.4, 0.5) is 0 Å². The molecule has 1 unspecified atom stereocenters. The lowest BCUT2D eigenvalue weighted by atomic mass is 10.2. The molecule has 0 saturated heterocycles. The lowest BCUT2D eigenvalue weighted by molar-refractivity contribution is 0.534. The molecule has 1 N–H and O–H groups in total. The molecule has 2 aromatic rings. The van der Waals surface area contributed by atoms with E-state index in [-0.39, 0.29) is 0 Å². The molecule has 5 heteroatoms. The van der Waals surface area contributed by atoms with Gasteiger partial charge in [-0.15, -0.1) is 11.3 Å². The van der Waals surface area contributed by atoms with Crippen molar-refractivity contribution in [3.8, 4) is 0 Å². The maximum atomic E-state index is 4.23. The lowest BCUT2D eigenvalue weighted by Gasteiger charge is -2.10. The smallest absolute Gasteiger partial charge is 0.164 e. The van der Waals surface area contributed by atoms with Gasteiger partial charge in [-0.25, -0.2) is 4.98 Å². The third kappa shape index (κ3) is 3.15. The molecule has 0 aliphatic heterocycles. The number of thiophene rings is 1. The van der Waals surface area contributed by atoms with Crippen LogP contribution in [0.5, 0.6) is 0 Å². The van der Waals surface area contributed by atoms with Crippen molar-refractivity contribution in [2.24, 2.45) is 7.05 Å². The predicted molar refractivity (Wildman–Crippen MR) is 65.3 cm³/mol. The fourth-order valence-electron chi connectivity index (χ4n) is 1.53. The molecule has 0 aliphatic rings. The molecule has 16 heavy (non-hydrogen) atoms. The van der Waals surface area contributed by atoms with E-state index in [1.54, 1.807) is 22.3 Å². The Morgan fingerprint density at radius 1 is 1.56 bits per heavy atom. The molecular formula is C11H16N4S. The minimum absolute atomic E-state index is 0.447. The Balaban J connectivity index is 1.77. The van der Waals surface area contributed by atoms with E-state index in [0.29, 0.717) is 6.04 Å². The van der Waals surface area contributed by atoms with Gasteiger partial charge in [0.15, 0.2) is 5.82 Å². The molecule has 0 aromatic carbocycles. The summed E-state index contributed by atoms with van der Waals surface area (Å²) >= 11 is 1.80. The first kappa shape index (κ1) is 11.3. The van der Waals surface area contributed by atoms with Crippen LogP contribution >= 0.6 is 11.3 Å². The van der Waals surface area contributed by atoms with Crippen molar-refractivity contribution in [3.63, 3.8) is 0 Å². The first-order valence-electron chi connectivity index (χ1n) is 5.34. The molecule has 2 aromatic heterocycles. The average molecular weight is 236 g/mol. The predicted octanol–water partition coefficient (Wildman–Crippen LogP) is 1.60. The molecule has 0 aliphatic carbocycles. The van der Waals surface area contributed by atoms with Gasteiger partial charge >= 0.3 is 0 Å². The summed E-state index contributed by atoms with van der Waals surface area (Å²) in [4.78, 5) is 5.59. The highest BCUT2D eigenvalue weighted by atomic mass is 32.1. The summed E-state index contributed by atoms with van der Waals surface area (Å²) < 4.78 is 1.72. The van der Waals surface area contributed by atoms with E-state index in [0.717, 1.165) is 18.8 Å². The van der Waals surface area contributed by atoms with E-state index in [1.165, 1.54) is 4.88 Å². The summed E-state index contributed by atoms with van der Waals surface area (Å²) in [5.74, 6) is 0.848. The zero-order chi connectivity index (χ0) is 11.4. The first-order valence-corrected chi connectivity index (χ1v) is 6.22. The standard InChI is InChI=1S/C11H16N4S/c1-9(6-10-4-3-5-16-10)12-7-11-13-8-15(2)14-11/h3-5,8-9,12H,6-7H2,1-2H3. The summed E-state index contributed by atoms with van der Waals surface area (Å²) in [6, 6.07) is 4.71. The van der Waals surface area contributed by atoms with Gasteiger partial charge in [-0.2, -0.15) is 5.10 Å². The van der Waals surface area contributed by atoms with E-state index < -0.39 is 0 Å². The summed E-state index contributed by atoms with van der Waals surface area (Å²) in [7, 11) is 1.88. The number of rotatable bonds is 5. The quantitative estimate of drug-likeness (QED) is 0.857. The highest BCUT2D eigenvalue weighted by molar-refractivity contribution is 7.09. The van der Waals surface area contributed by atoms with Crippen LogP contribution < -0.4 is 5.32 Å². The Labute approximate surface area is 99.3 Å². The molecular weight excluding hydrogens is 220 g/mol. The summed E-state index contributed by atoms with van der Waals surface area (Å²) in [5.41, 5.74) is 0. The highest BCUT2D eigenvalue weighted by Gasteiger charge is 2.05. The number of nitrogens with zero attached hydrogens (tertiary/aromatic N) is 3. The average Bonchev–Trinajstić information content (AvgIpc) is 2.87. The van der Waals surface area contributed by atoms with Gasteiger partial charge in [0, 0.05) is 18.0 Å². The van der Waals surface area contributed by atoms with Crippen LogP contribution in [0.3, 0.4) is 0 Å². The minimum Gasteiger partial charge on any atom is -0.307 e. The van der Waals surface area contributed by atoms with Gasteiger partial charge in [0.2, 0.25) is 0 Å². The van der Waals surface area contributed by atoms with Crippen LogP contribution in [0.25, 0.3) is 0 Å². The summed E-state index contributed by atoms with van der Waals surface area (Å²) in [6.45, 7) is 2.91. The molecule has 0 bridgehead atoms. The number of aromatic nitrogens is 3. The van der Waals surface area contributed by atoms with Crippen molar-refractivity contribution >= 4 is 11.3 Å². The second-order valence-corrected chi connectivity index (χ2v) is 4.93. The van der Waals surface area contributed by atoms with Gasteiger partial charge in [-0.05, 0) is 24.8 Å². The fourth-order valence-corrected chi connectivity index (χ4v) is 2.37. The molecule has 2 heterocycles. The summed E-state index contributed by atoms with van der Waals surface area (Å²) in [6.07, 6.45) is 2.78.